The maximum Gasteiger partial charge on any atom is 0.310 e. The summed E-state index contributed by atoms with van der Waals surface area (Å²) in [4.78, 5) is 34.2. The van der Waals surface area contributed by atoms with Crippen LogP contribution >= 0.6 is 0 Å². The molecule has 44 heavy (non-hydrogen) atoms. The van der Waals surface area contributed by atoms with Crippen LogP contribution in [0.3, 0.4) is 0 Å². The number of esters is 1. The molecule has 1 aliphatic carbocycles. The highest BCUT2D eigenvalue weighted by molar-refractivity contribution is 5.86. The molecule has 8 nitrogen and oxygen atoms in total. The van der Waals surface area contributed by atoms with E-state index in [9.17, 15) is 24.6 Å². The number of benzene rings is 2. The Kier molecular flexibility index (Phi) is 15.6. The average molecular weight is 613 g/mol. The Hall–Kier alpha value is -3.23. The number of unbranched alkanes of at least 4 members (excludes halogenated alkanes) is 4. The van der Waals surface area contributed by atoms with E-state index in [1.54, 1.807) is 14.0 Å². The van der Waals surface area contributed by atoms with Crippen molar-refractivity contribution in [3.8, 4) is 5.75 Å². The van der Waals surface area contributed by atoms with Crippen LogP contribution in [0.1, 0.15) is 103 Å². The van der Waals surface area contributed by atoms with Crippen LogP contribution in [0.25, 0.3) is 10.8 Å². The number of carboxylic acid groups (broad SMARTS) is 1. The molecular weight excluding hydrogens is 560 g/mol. The van der Waals surface area contributed by atoms with Gasteiger partial charge in [-0.05, 0) is 68.0 Å². The van der Waals surface area contributed by atoms with Gasteiger partial charge in [0.15, 0.2) is 0 Å². The molecule has 0 amide bonds. The first-order chi connectivity index (χ1) is 20.9. The van der Waals surface area contributed by atoms with Crippen molar-refractivity contribution in [2.24, 2.45) is 11.8 Å². The molecular formula is C36H52O8. The Morgan fingerprint density at radius 2 is 1.73 bits per heavy atom. The number of Topliss-reactive ketones (excluding diaryl/α,β-unsaturated/α-hetero) is 1. The van der Waals surface area contributed by atoms with Crippen molar-refractivity contribution in [1.82, 2.24) is 0 Å². The first kappa shape index (κ1) is 37.0. The molecule has 0 spiro atoms. The highest BCUT2D eigenvalue weighted by Gasteiger charge is 2.39. The van der Waals surface area contributed by atoms with E-state index in [2.05, 4.69) is 11.7 Å². The van der Waals surface area contributed by atoms with Gasteiger partial charge in [-0.25, -0.2) is 0 Å². The molecule has 2 aromatic rings. The molecule has 1 fully saturated rings. The number of ether oxygens (including phenoxy) is 2. The molecule has 8 heteroatoms. The molecule has 0 bridgehead atoms. The number of carbonyl (C=O) groups excluding carboxylic acids is 2. The molecule has 0 aromatic heterocycles. The topological polar surface area (TPSA) is 130 Å². The number of hydrogen-bond acceptors (Lipinski definition) is 7. The number of aliphatic hydroxyl groups is 2. The minimum atomic E-state index is -0.808. The van der Waals surface area contributed by atoms with E-state index in [0.29, 0.717) is 12.8 Å². The normalized spacial score (nSPS) is 20.2. The number of fused-ring (bicyclic) bond motifs is 1. The first-order valence-electron chi connectivity index (χ1n) is 15.9. The number of aliphatic hydroxyl groups excluding tert-OH is 1. The van der Waals surface area contributed by atoms with Crippen molar-refractivity contribution in [3.05, 3.63) is 54.1 Å². The van der Waals surface area contributed by atoms with Crippen molar-refractivity contribution >= 4 is 28.5 Å². The summed E-state index contributed by atoms with van der Waals surface area (Å²) in [5.74, 6) is -0.795. The van der Waals surface area contributed by atoms with E-state index in [4.69, 9.17) is 9.84 Å². The monoisotopic (exact) mass is 612 g/mol. The van der Waals surface area contributed by atoms with Gasteiger partial charge in [-0.1, -0.05) is 75.4 Å². The van der Waals surface area contributed by atoms with Crippen LogP contribution in [0.2, 0.25) is 0 Å². The van der Waals surface area contributed by atoms with Crippen molar-refractivity contribution in [2.45, 2.75) is 109 Å². The van der Waals surface area contributed by atoms with Crippen LogP contribution in [-0.2, 0) is 19.1 Å². The molecule has 244 valence electrons. The van der Waals surface area contributed by atoms with Gasteiger partial charge in [-0.3, -0.25) is 14.4 Å². The predicted octanol–water partition coefficient (Wildman–Crippen LogP) is 6.99. The van der Waals surface area contributed by atoms with E-state index < -0.39 is 23.6 Å². The van der Waals surface area contributed by atoms with Crippen molar-refractivity contribution < 1.29 is 39.2 Å². The molecule has 1 saturated carbocycles. The number of carboxylic acids is 1. The summed E-state index contributed by atoms with van der Waals surface area (Å²) in [5, 5.41) is 31.7. The van der Waals surface area contributed by atoms with E-state index in [1.165, 1.54) is 7.11 Å². The zero-order valence-corrected chi connectivity index (χ0v) is 27.1. The van der Waals surface area contributed by atoms with Crippen molar-refractivity contribution in [3.63, 3.8) is 0 Å². The van der Waals surface area contributed by atoms with Crippen LogP contribution in [0, 0.1) is 11.8 Å². The number of methoxy groups -OCH3 is 2. The zero-order chi connectivity index (χ0) is 32.7. The number of rotatable bonds is 16. The molecule has 0 radical (unpaired) electrons. The van der Waals surface area contributed by atoms with Gasteiger partial charge in [-0.15, -0.1) is 0 Å². The molecule has 1 aliphatic rings. The maximum absolute atomic E-state index is 12.2. The van der Waals surface area contributed by atoms with Gasteiger partial charge >= 0.3 is 11.9 Å². The van der Waals surface area contributed by atoms with Gasteiger partial charge < -0.3 is 24.8 Å². The fourth-order valence-electron chi connectivity index (χ4n) is 5.60. The SMILES string of the molecule is CCCCC(C)(O)C/C=C/[C@H]1[C@H](O)CC(=O)[C@@H]1CCCCCCC(=O)OC.COc1ccc2cc([C@H](C)C(=O)O)ccc2c1. The zero-order valence-electron chi connectivity index (χ0n) is 27.1. The van der Waals surface area contributed by atoms with Crippen LogP contribution in [0.15, 0.2) is 48.6 Å². The fraction of sp³-hybridized carbons (Fsp3) is 0.583. The predicted molar refractivity (Wildman–Crippen MR) is 173 cm³/mol. The Labute approximate surface area is 262 Å². The molecule has 2 aromatic carbocycles. The molecule has 1 unspecified atom stereocenters. The second kappa shape index (κ2) is 18.5. The maximum atomic E-state index is 12.2. The van der Waals surface area contributed by atoms with Crippen molar-refractivity contribution in [1.29, 1.82) is 0 Å². The molecule has 0 heterocycles. The van der Waals surface area contributed by atoms with E-state index >= 15 is 0 Å². The Balaban J connectivity index is 0.000000338. The first-order valence-corrected chi connectivity index (χ1v) is 15.9. The van der Waals surface area contributed by atoms with E-state index in [0.717, 1.165) is 73.5 Å². The Morgan fingerprint density at radius 3 is 2.39 bits per heavy atom. The molecule has 3 rings (SSSR count). The minimum Gasteiger partial charge on any atom is -0.497 e. The highest BCUT2D eigenvalue weighted by Crippen LogP contribution is 2.35. The van der Waals surface area contributed by atoms with Crippen LogP contribution in [0.5, 0.6) is 5.75 Å². The smallest absolute Gasteiger partial charge is 0.310 e. The van der Waals surface area contributed by atoms with Gasteiger partial charge in [0.05, 0.1) is 31.8 Å². The van der Waals surface area contributed by atoms with Crippen LogP contribution in [0.4, 0.5) is 0 Å². The second-order valence-corrected chi connectivity index (χ2v) is 12.2. The molecule has 3 N–H and O–H groups in total. The Bertz CT molecular complexity index is 1230. The lowest BCUT2D eigenvalue weighted by molar-refractivity contribution is -0.141. The quantitative estimate of drug-likeness (QED) is 0.105. The lowest BCUT2D eigenvalue weighted by Gasteiger charge is -2.22. The standard InChI is InChI=1S/C22H38O5.C14H14O3/c1-4-5-14-22(2,26)15-10-12-18-17(19(23)16-20(18)24)11-8-6-7-9-13-21(25)27-3;1-9(14(15)16)10-3-4-12-8-13(17-2)6-5-11(12)7-10/h10,12,17-18,20,24,26H,4-9,11,13-16H2,1-3H3;3-9H,1-2H3,(H,15,16)/b12-10+;/t17-,18-,20-,22?;9-/m10/s1. The van der Waals surface area contributed by atoms with E-state index in [1.807, 2.05) is 55.5 Å². The number of aliphatic carboxylic acids is 1. The van der Waals surface area contributed by atoms with Gasteiger partial charge in [0, 0.05) is 24.7 Å². The van der Waals surface area contributed by atoms with Crippen LogP contribution < -0.4 is 4.74 Å². The van der Waals surface area contributed by atoms with Crippen LogP contribution in [-0.4, -0.2) is 59.0 Å². The summed E-state index contributed by atoms with van der Waals surface area (Å²) in [6.07, 6.45) is 11.7. The van der Waals surface area contributed by atoms with Gasteiger partial charge in [0.25, 0.3) is 0 Å². The molecule has 0 aliphatic heterocycles. The van der Waals surface area contributed by atoms with E-state index in [-0.39, 0.29) is 30.0 Å². The van der Waals surface area contributed by atoms with Gasteiger partial charge in [0.2, 0.25) is 0 Å². The number of hydrogen-bond donors (Lipinski definition) is 3. The summed E-state index contributed by atoms with van der Waals surface area (Å²) in [6, 6.07) is 11.4. The highest BCUT2D eigenvalue weighted by atomic mass is 16.5. The fourth-order valence-corrected chi connectivity index (χ4v) is 5.60. The third-order valence-electron chi connectivity index (χ3n) is 8.53. The lowest BCUT2D eigenvalue weighted by atomic mass is 9.87. The summed E-state index contributed by atoms with van der Waals surface area (Å²) in [7, 11) is 3.03. The van der Waals surface area contributed by atoms with Crippen molar-refractivity contribution in [2.75, 3.05) is 14.2 Å². The summed E-state index contributed by atoms with van der Waals surface area (Å²) >= 11 is 0. The summed E-state index contributed by atoms with van der Waals surface area (Å²) in [6.45, 7) is 5.63. The average Bonchev–Trinajstić information content (AvgIpc) is 3.27. The lowest BCUT2D eigenvalue weighted by Crippen LogP contribution is -2.23. The van der Waals surface area contributed by atoms with Gasteiger partial charge in [0.1, 0.15) is 11.5 Å². The largest absolute Gasteiger partial charge is 0.497 e. The van der Waals surface area contributed by atoms with Gasteiger partial charge in [-0.2, -0.15) is 0 Å². The molecule has 0 saturated heterocycles. The second-order valence-electron chi connectivity index (χ2n) is 12.2. The summed E-state index contributed by atoms with van der Waals surface area (Å²) in [5.41, 5.74) is 0.0880. The Morgan fingerprint density at radius 1 is 1.05 bits per heavy atom. The number of carbonyl (C=O) groups is 3. The minimum absolute atomic E-state index is 0.127. The summed E-state index contributed by atoms with van der Waals surface area (Å²) < 4.78 is 9.77. The molecule has 5 atom stereocenters. The third-order valence-corrected chi connectivity index (χ3v) is 8.53. The third kappa shape index (κ3) is 12.0. The number of ketones is 1.